The first kappa shape index (κ1) is 24.7. The maximum atomic E-state index is 13.2. The van der Waals surface area contributed by atoms with Gasteiger partial charge in [0.2, 0.25) is 5.91 Å². The van der Waals surface area contributed by atoms with Crippen LogP contribution in [0.15, 0.2) is 54.6 Å². The molecule has 2 amide bonds. The highest BCUT2D eigenvalue weighted by Gasteiger charge is 2.32. The minimum absolute atomic E-state index is 0.0431. The zero-order valence-corrected chi connectivity index (χ0v) is 17.6. The van der Waals surface area contributed by atoms with Crippen molar-refractivity contribution in [1.82, 2.24) is 10.6 Å². The highest BCUT2D eigenvalue weighted by atomic mass is 19.4. The van der Waals surface area contributed by atoms with Crippen LogP contribution in [0.1, 0.15) is 43.1 Å². The molecular weight excluding hydrogens is 423 g/mol. The molecular formula is C23H24F3N3O3. The SMILES string of the molecule is CC(C)C[C@H](NC(=O)OC(c1ccccc1)c1cccc(C(F)(F)F)c1)C(=O)NCC#N. The minimum atomic E-state index is -4.55. The van der Waals surface area contributed by atoms with Crippen LogP contribution in [-0.2, 0) is 15.7 Å². The summed E-state index contributed by atoms with van der Waals surface area (Å²) < 4.78 is 45.1. The topological polar surface area (TPSA) is 91.2 Å². The summed E-state index contributed by atoms with van der Waals surface area (Å²) in [6.07, 6.45) is -6.36. The van der Waals surface area contributed by atoms with E-state index in [1.54, 1.807) is 36.4 Å². The van der Waals surface area contributed by atoms with Crippen LogP contribution in [0.2, 0.25) is 0 Å². The molecule has 0 saturated heterocycles. The van der Waals surface area contributed by atoms with Gasteiger partial charge in [-0.25, -0.2) is 4.79 Å². The van der Waals surface area contributed by atoms with E-state index in [-0.39, 0.29) is 24.4 Å². The maximum Gasteiger partial charge on any atom is 0.416 e. The Kier molecular flexibility index (Phi) is 8.64. The van der Waals surface area contributed by atoms with Gasteiger partial charge in [0.15, 0.2) is 6.10 Å². The second-order valence-corrected chi connectivity index (χ2v) is 7.52. The minimum Gasteiger partial charge on any atom is -0.436 e. The summed E-state index contributed by atoms with van der Waals surface area (Å²) in [4.78, 5) is 24.9. The summed E-state index contributed by atoms with van der Waals surface area (Å²) in [5.74, 6) is -0.506. The van der Waals surface area contributed by atoms with E-state index in [4.69, 9.17) is 10.00 Å². The van der Waals surface area contributed by atoms with E-state index in [0.717, 1.165) is 12.1 Å². The van der Waals surface area contributed by atoms with E-state index in [1.807, 2.05) is 13.8 Å². The monoisotopic (exact) mass is 447 g/mol. The molecule has 0 fully saturated rings. The Bertz CT molecular complexity index is 956. The lowest BCUT2D eigenvalue weighted by molar-refractivity contribution is -0.137. The van der Waals surface area contributed by atoms with Crippen molar-refractivity contribution < 1.29 is 27.5 Å². The van der Waals surface area contributed by atoms with Gasteiger partial charge < -0.3 is 15.4 Å². The van der Waals surface area contributed by atoms with Gasteiger partial charge in [-0.1, -0.05) is 56.3 Å². The number of alkyl carbamates (subject to hydrolysis) is 1. The second kappa shape index (κ2) is 11.2. The van der Waals surface area contributed by atoms with Crippen molar-refractivity contribution in [3.05, 3.63) is 71.3 Å². The van der Waals surface area contributed by atoms with Gasteiger partial charge in [-0.3, -0.25) is 4.79 Å². The van der Waals surface area contributed by atoms with Crippen molar-refractivity contribution in [2.24, 2.45) is 5.92 Å². The fourth-order valence-corrected chi connectivity index (χ4v) is 3.07. The largest absolute Gasteiger partial charge is 0.436 e. The highest BCUT2D eigenvalue weighted by molar-refractivity contribution is 5.85. The van der Waals surface area contributed by atoms with Crippen LogP contribution in [0.4, 0.5) is 18.0 Å². The number of hydrogen-bond acceptors (Lipinski definition) is 4. The van der Waals surface area contributed by atoms with Gasteiger partial charge in [-0.05, 0) is 35.6 Å². The molecule has 32 heavy (non-hydrogen) atoms. The third-order valence-corrected chi connectivity index (χ3v) is 4.50. The molecule has 170 valence electrons. The van der Waals surface area contributed by atoms with Gasteiger partial charge in [0.1, 0.15) is 12.6 Å². The summed E-state index contributed by atoms with van der Waals surface area (Å²) in [5, 5.41) is 13.5. The Hall–Kier alpha value is -3.54. The van der Waals surface area contributed by atoms with Crippen LogP contribution >= 0.6 is 0 Å². The fraction of sp³-hybridized carbons (Fsp3) is 0.348. The van der Waals surface area contributed by atoms with Crippen molar-refractivity contribution in [2.75, 3.05) is 6.54 Å². The van der Waals surface area contributed by atoms with Crippen LogP contribution in [0.25, 0.3) is 0 Å². The number of carbonyl (C=O) groups is 2. The molecule has 0 bridgehead atoms. The van der Waals surface area contributed by atoms with Crippen LogP contribution in [-0.4, -0.2) is 24.6 Å². The number of rotatable bonds is 8. The van der Waals surface area contributed by atoms with Crippen molar-refractivity contribution in [2.45, 2.75) is 38.6 Å². The number of nitrogens with one attached hydrogen (secondary N) is 2. The molecule has 6 nitrogen and oxygen atoms in total. The first-order chi connectivity index (χ1) is 15.1. The van der Waals surface area contributed by atoms with Crippen molar-refractivity contribution >= 4 is 12.0 Å². The molecule has 9 heteroatoms. The number of nitriles is 1. The Balaban J connectivity index is 2.29. The Morgan fingerprint density at radius 3 is 2.31 bits per heavy atom. The molecule has 2 aromatic rings. The van der Waals surface area contributed by atoms with Crippen molar-refractivity contribution in [3.8, 4) is 6.07 Å². The van der Waals surface area contributed by atoms with Crippen LogP contribution in [0.3, 0.4) is 0 Å². The van der Waals surface area contributed by atoms with Gasteiger partial charge in [-0.15, -0.1) is 0 Å². The quantitative estimate of drug-likeness (QED) is 0.580. The normalized spacial score (nSPS) is 13.0. The summed E-state index contributed by atoms with van der Waals surface area (Å²) in [6.45, 7) is 3.49. The first-order valence-corrected chi connectivity index (χ1v) is 9.95. The van der Waals surface area contributed by atoms with Gasteiger partial charge in [0.25, 0.3) is 0 Å². The molecule has 0 spiro atoms. The van der Waals surface area contributed by atoms with Crippen LogP contribution < -0.4 is 10.6 Å². The van der Waals surface area contributed by atoms with Crippen LogP contribution in [0.5, 0.6) is 0 Å². The van der Waals surface area contributed by atoms with Gasteiger partial charge in [0, 0.05) is 0 Å². The van der Waals surface area contributed by atoms with Gasteiger partial charge >= 0.3 is 12.3 Å². The summed E-state index contributed by atoms with van der Waals surface area (Å²) in [6, 6.07) is 13.7. The summed E-state index contributed by atoms with van der Waals surface area (Å²) in [7, 11) is 0. The Labute approximate surface area is 184 Å². The summed E-state index contributed by atoms with van der Waals surface area (Å²) >= 11 is 0. The zero-order chi connectivity index (χ0) is 23.7. The molecule has 2 N–H and O–H groups in total. The third kappa shape index (κ3) is 7.30. The zero-order valence-electron chi connectivity index (χ0n) is 17.6. The van der Waals surface area contributed by atoms with E-state index >= 15 is 0 Å². The number of amides is 2. The number of benzene rings is 2. The van der Waals surface area contributed by atoms with Gasteiger partial charge in [-0.2, -0.15) is 18.4 Å². The molecule has 0 aliphatic heterocycles. The lowest BCUT2D eigenvalue weighted by Gasteiger charge is -2.23. The average Bonchev–Trinajstić information content (AvgIpc) is 2.75. The summed E-state index contributed by atoms with van der Waals surface area (Å²) in [5.41, 5.74) is -0.264. The van der Waals surface area contributed by atoms with E-state index < -0.39 is 35.9 Å². The van der Waals surface area contributed by atoms with Gasteiger partial charge in [0.05, 0.1) is 11.6 Å². The molecule has 2 rings (SSSR count). The predicted molar refractivity (Wildman–Crippen MR) is 111 cm³/mol. The molecule has 2 atom stereocenters. The lowest BCUT2D eigenvalue weighted by Crippen LogP contribution is -2.47. The molecule has 0 aliphatic carbocycles. The molecule has 1 unspecified atom stereocenters. The second-order valence-electron chi connectivity index (χ2n) is 7.52. The van der Waals surface area contributed by atoms with E-state index in [1.165, 1.54) is 12.1 Å². The maximum absolute atomic E-state index is 13.2. The standard InChI is InChI=1S/C23H24F3N3O3/c1-15(2)13-19(21(30)28-12-11-27)29-22(31)32-20(16-7-4-3-5-8-16)17-9-6-10-18(14-17)23(24,25)26/h3-10,14-15,19-20H,12-13H2,1-2H3,(H,28,30)(H,29,31)/t19-,20?/m0/s1. The van der Waals surface area contributed by atoms with E-state index in [2.05, 4.69) is 10.6 Å². The van der Waals surface area contributed by atoms with Crippen LogP contribution in [0, 0.1) is 17.2 Å². The molecule has 0 radical (unpaired) electrons. The lowest BCUT2D eigenvalue weighted by atomic mass is 9.99. The molecule has 0 aliphatic rings. The Morgan fingerprint density at radius 1 is 1.06 bits per heavy atom. The molecule has 2 aromatic carbocycles. The number of halogens is 3. The number of carbonyl (C=O) groups excluding carboxylic acids is 2. The Morgan fingerprint density at radius 2 is 1.72 bits per heavy atom. The van der Waals surface area contributed by atoms with E-state index in [9.17, 15) is 22.8 Å². The number of nitrogens with zero attached hydrogens (tertiary/aromatic N) is 1. The van der Waals surface area contributed by atoms with Crippen molar-refractivity contribution in [1.29, 1.82) is 5.26 Å². The highest BCUT2D eigenvalue weighted by Crippen LogP contribution is 2.33. The third-order valence-electron chi connectivity index (χ3n) is 4.50. The van der Waals surface area contributed by atoms with E-state index in [0.29, 0.717) is 5.56 Å². The number of ether oxygens (including phenoxy) is 1. The molecule has 0 heterocycles. The smallest absolute Gasteiger partial charge is 0.416 e. The van der Waals surface area contributed by atoms with Crippen molar-refractivity contribution in [3.63, 3.8) is 0 Å². The predicted octanol–water partition coefficient (Wildman–Crippen LogP) is 4.58. The average molecular weight is 447 g/mol. The number of alkyl halides is 3. The first-order valence-electron chi connectivity index (χ1n) is 9.95. The number of hydrogen-bond donors (Lipinski definition) is 2. The fourth-order valence-electron chi connectivity index (χ4n) is 3.07. The molecule has 0 aromatic heterocycles. The molecule has 0 saturated carbocycles.